The Labute approximate surface area is 112 Å². The van der Waals surface area contributed by atoms with E-state index < -0.39 is 12.1 Å². The number of ether oxygens (including phenoxy) is 3. The molecule has 0 atom stereocenters. The second kappa shape index (κ2) is 5.48. The highest BCUT2D eigenvalue weighted by atomic mass is 19.4. The van der Waals surface area contributed by atoms with Gasteiger partial charge in [-0.2, -0.15) is 13.2 Å². The molecule has 1 heterocycles. The first-order valence-electron chi connectivity index (χ1n) is 5.73. The normalized spacial score (nSPS) is 13.2. The number of carbonyl (C=O) groups excluding carboxylic acids is 1. The Kier molecular flexibility index (Phi) is 3.91. The first kappa shape index (κ1) is 14.3. The molecule has 1 N–H and O–H groups in total. The van der Waals surface area contributed by atoms with Gasteiger partial charge in [0.2, 0.25) is 12.5 Å². The van der Waals surface area contributed by atoms with Crippen LogP contribution in [0.3, 0.4) is 0 Å². The lowest BCUT2D eigenvalue weighted by Crippen LogP contribution is -2.37. The van der Waals surface area contributed by atoms with Crippen molar-refractivity contribution in [2.24, 2.45) is 0 Å². The Balaban J connectivity index is 1.99. The molecule has 2 rings (SSSR count). The molecule has 0 unspecified atom stereocenters. The summed E-state index contributed by atoms with van der Waals surface area (Å²) >= 11 is 0. The fraction of sp³-hybridized carbons (Fsp3) is 0.417. The van der Waals surface area contributed by atoms with Crippen molar-refractivity contribution >= 4 is 5.91 Å². The Morgan fingerprint density at radius 3 is 2.80 bits per heavy atom. The summed E-state index contributed by atoms with van der Waals surface area (Å²) in [6, 6.07) is 3.28. The second-order valence-electron chi connectivity index (χ2n) is 4.04. The van der Waals surface area contributed by atoms with Crippen molar-refractivity contribution < 1.29 is 32.2 Å². The van der Waals surface area contributed by atoms with Crippen LogP contribution in [0.2, 0.25) is 0 Å². The van der Waals surface area contributed by atoms with Gasteiger partial charge in [-0.1, -0.05) is 0 Å². The summed E-state index contributed by atoms with van der Waals surface area (Å²) < 4.78 is 51.5. The minimum absolute atomic E-state index is 0.0694. The summed E-state index contributed by atoms with van der Waals surface area (Å²) in [5.74, 6) is -0.570. The van der Waals surface area contributed by atoms with E-state index in [1.807, 2.05) is 0 Å². The van der Waals surface area contributed by atoms with Crippen molar-refractivity contribution in [3.05, 3.63) is 17.7 Å². The van der Waals surface area contributed by atoms with Crippen LogP contribution in [0, 0.1) is 0 Å². The van der Waals surface area contributed by atoms with Crippen LogP contribution in [-0.4, -0.2) is 32.5 Å². The fourth-order valence-corrected chi connectivity index (χ4v) is 1.75. The zero-order chi connectivity index (χ0) is 14.8. The minimum Gasteiger partial charge on any atom is -0.493 e. The topological polar surface area (TPSA) is 56.8 Å². The van der Waals surface area contributed by atoms with Gasteiger partial charge in [-0.15, -0.1) is 0 Å². The van der Waals surface area contributed by atoms with E-state index in [4.69, 9.17) is 14.2 Å². The zero-order valence-electron chi connectivity index (χ0n) is 10.5. The van der Waals surface area contributed by atoms with E-state index in [0.717, 1.165) is 0 Å². The Bertz CT molecular complexity index is 516. The van der Waals surface area contributed by atoms with E-state index in [2.05, 4.69) is 0 Å². The number of benzene rings is 1. The Hall–Kier alpha value is -2.12. The summed E-state index contributed by atoms with van der Waals surface area (Å²) in [6.07, 6.45) is -4.65. The molecule has 1 aliphatic rings. The average Bonchev–Trinajstić information content (AvgIpc) is 2.84. The molecule has 0 aromatic heterocycles. The van der Waals surface area contributed by atoms with Crippen molar-refractivity contribution in [2.45, 2.75) is 12.6 Å². The van der Waals surface area contributed by atoms with Gasteiger partial charge in [0.05, 0.1) is 7.11 Å². The van der Waals surface area contributed by atoms with Crippen molar-refractivity contribution in [2.75, 3.05) is 20.4 Å². The first-order valence-corrected chi connectivity index (χ1v) is 5.73. The van der Waals surface area contributed by atoms with Crippen LogP contribution < -0.4 is 19.5 Å². The van der Waals surface area contributed by atoms with E-state index in [9.17, 15) is 18.0 Å². The van der Waals surface area contributed by atoms with Crippen molar-refractivity contribution in [1.82, 2.24) is 5.32 Å². The van der Waals surface area contributed by atoms with Crippen LogP contribution in [-0.2, 0) is 11.2 Å². The fourth-order valence-electron chi connectivity index (χ4n) is 1.75. The maximum atomic E-state index is 12.0. The molecule has 5 nitrogen and oxygen atoms in total. The molecular formula is C12H12F3NO4. The van der Waals surface area contributed by atoms with Gasteiger partial charge >= 0.3 is 12.1 Å². The lowest BCUT2D eigenvalue weighted by atomic mass is 10.1. The molecule has 0 saturated carbocycles. The zero-order valence-corrected chi connectivity index (χ0v) is 10.5. The lowest BCUT2D eigenvalue weighted by molar-refractivity contribution is -0.173. The summed E-state index contributed by atoms with van der Waals surface area (Å²) in [5.41, 5.74) is 0.675. The molecule has 20 heavy (non-hydrogen) atoms. The molecule has 1 amide bonds. The number of amides is 1. The van der Waals surface area contributed by atoms with Gasteiger partial charge in [-0.25, -0.2) is 0 Å². The number of fused-ring (bicyclic) bond motifs is 1. The maximum Gasteiger partial charge on any atom is 0.471 e. The van der Waals surface area contributed by atoms with E-state index in [0.29, 0.717) is 22.8 Å². The van der Waals surface area contributed by atoms with Crippen LogP contribution in [0.1, 0.15) is 5.56 Å². The van der Waals surface area contributed by atoms with Crippen LogP contribution >= 0.6 is 0 Å². The van der Waals surface area contributed by atoms with Gasteiger partial charge in [0, 0.05) is 6.54 Å². The average molecular weight is 291 g/mol. The van der Waals surface area contributed by atoms with E-state index in [-0.39, 0.29) is 19.8 Å². The molecule has 110 valence electrons. The minimum atomic E-state index is -4.87. The van der Waals surface area contributed by atoms with Crippen LogP contribution in [0.15, 0.2) is 12.1 Å². The molecule has 0 spiro atoms. The molecule has 1 aromatic carbocycles. The number of alkyl halides is 3. The van der Waals surface area contributed by atoms with E-state index >= 15 is 0 Å². The van der Waals surface area contributed by atoms with Gasteiger partial charge in [0.25, 0.3) is 0 Å². The van der Waals surface area contributed by atoms with Crippen molar-refractivity contribution in [3.63, 3.8) is 0 Å². The number of rotatable bonds is 4. The van der Waals surface area contributed by atoms with Crippen LogP contribution in [0.25, 0.3) is 0 Å². The highest BCUT2D eigenvalue weighted by Crippen LogP contribution is 2.41. The van der Waals surface area contributed by atoms with Gasteiger partial charge in [-0.3, -0.25) is 4.79 Å². The molecule has 8 heteroatoms. The largest absolute Gasteiger partial charge is 0.493 e. The molecule has 0 fully saturated rings. The summed E-state index contributed by atoms with van der Waals surface area (Å²) in [5, 5.41) is 1.80. The summed E-state index contributed by atoms with van der Waals surface area (Å²) in [6.45, 7) is -0.0684. The molecular weight excluding hydrogens is 279 g/mol. The molecule has 0 radical (unpaired) electrons. The number of carbonyl (C=O) groups is 1. The second-order valence-corrected chi connectivity index (χ2v) is 4.04. The van der Waals surface area contributed by atoms with Crippen molar-refractivity contribution in [1.29, 1.82) is 0 Å². The number of methoxy groups -OCH3 is 1. The monoisotopic (exact) mass is 291 g/mol. The molecule has 0 bridgehead atoms. The number of halogens is 3. The molecule has 1 aromatic rings. The van der Waals surface area contributed by atoms with Gasteiger partial charge in [0.15, 0.2) is 11.5 Å². The summed E-state index contributed by atoms with van der Waals surface area (Å²) in [7, 11) is 1.45. The van der Waals surface area contributed by atoms with Crippen LogP contribution in [0.4, 0.5) is 13.2 Å². The predicted molar refractivity (Wildman–Crippen MR) is 61.9 cm³/mol. The smallest absolute Gasteiger partial charge is 0.471 e. The quantitative estimate of drug-likeness (QED) is 0.916. The summed E-state index contributed by atoms with van der Waals surface area (Å²) in [4.78, 5) is 10.7. The maximum absolute atomic E-state index is 12.0. The molecule has 0 aliphatic carbocycles. The molecule has 1 aliphatic heterocycles. The lowest BCUT2D eigenvalue weighted by Gasteiger charge is -2.10. The van der Waals surface area contributed by atoms with Crippen LogP contribution in [0.5, 0.6) is 17.2 Å². The standard InChI is InChI=1S/C12H12F3NO4/c1-18-8-4-7(5-9-10(8)20-6-19-9)2-3-16-11(17)12(13,14)15/h4-5H,2-3,6H2,1H3,(H,16,17). The number of nitrogens with one attached hydrogen (secondary N) is 1. The van der Waals surface area contributed by atoms with E-state index in [1.54, 1.807) is 17.4 Å². The Morgan fingerprint density at radius 1 is 1.40 bits per heavy atom. The third kappa shape index (κ3) is 3.06. The molecule has 0 saturated heterocycles. The highest BCUT2D eigenvalue weighted by molar-refractivity contribution is 5.81. The first-order chi connectivity index (χ1) is 9.41. The van der Waals surface area contributed by atoms with Gasteiger partial charge < -0.3 is 19.5 Å². The van der Waals surface area contributed by atoms with Crippen molar-refractivity contribution in [3.8, 4) is 17.2 Å². The van der Waals surface area contributed by atoms with Gasteiger partial charge in [0.1, 0.15) is 0 Å². The Morgan fingerprint density at radius 2 is 2.15 bits per heavy atom. The number of hydrogen-bond donors (Lipinski definition) is 1. The third-order valence-corrected chi connectivity index (χ3v) is 2.67. The number of hydrogen-bond acceptors (Lipinski definition) is 4. The van der Waals surface area contributed by atoms with Gasteiger partial charge in [-0.05, 0) is 24.1 Å². The SMILES string of the molecule is COc1cc(CCNC(=O)C(F)(F)F)cc2c1OCO2. The highest BCUT2D eigenvalue weighted by Gasteiger charge is 2.38. The van der Waals surface area contributed by atoms with E-state index in [1.165, 1.54) is 7.11 Å². The predicted octanol–water partition coefficient (Wildman–Crippen LogP) is 1.64. The third-order valence-electron chi connectivity index (χ3n) is 2.67.